The van der Waals surface area contributed by atoms with E-state index in [1.807, 2.05) is 0 Å². The normalized spacial score (nSPS) is 10.9. The van der Waals surface area contributed by atoms with Gasteiger partial charge in [-0.2, -0.15) is 0 Å². The number of pyridine rings is 1. The zero-order valence-corrected chi connectivity index (χ0v) is 8.54. The molecule has 0 aliphatic carbocycles. The van der Waals surface area contributed by atoms with Gasteiger partial charge in [0.15, 0.2) is 5.82 Å². The number of halogens is 5. The predicted octanol–water partition coefficient (Wildman–Crippen LogP) is 3.66. The molecule has 0 fully saturated rings. The molecule has 0 bridgehead atoms. The Bertz CT molecular complexity index is 319. The van der Waals surface area contributed by atoms with Crippen LogP contribution in [0.25, 0.3) is 0 Å². The highest BCUT2D eigenvalue weighted by molar-refractivity contribution is 9.10. The third-order valence-corrected chi connectivity index (χ3v) is 2.49. The Hall–Kier alpha value is -0.290. The van der Waals surface area contributed by atoms with Crippen molar-refractivity contribution < 1.29 is 13.2 Å². The van der Waals surface area contributed by atoms with Gasteiger partial charge in [0.05, 0.1) is 27.8 Å². The first-order valence-electron chi connectivity index (χ1n) is 3.24. The van der Waals surface area contributed by atoms with Crippen molar-refractivity contribution in [3.05, 3.63) is 27.7 Å². The van der Waals surface area contributed by atoms with Gasteiger partial charge >= 0.3 is 0 Å². The van der Waals surface area contributed by atoms with Crippen LogP contribution in [0.1, 0.15) is 17.7 Å². The van der Waals surface area contributed by atoms with Gasteiger partial charge in [-0.05, 0) is 15.9 Å². The van der Waals surface area contributed by atoms with Crippen LogP contribution in [-0.4, -0.2) is 4.98 Å². The standard InChI is InChI=1S/C7H4BrClF3N/c8-6-3(10)2-13-4(1-9)5(6)7(11)12/h2,7H,1H2. The van der Waals surface area contributed by atoms with E-state index in [1.165, 1.54) is 0 Å². The Morgan fingerprint density at radius 3 is 2.62 bits per heavy atom. The highest BCUT2D eigenvalue weighted by Gasteiger charge is 2.20. The Labute approximate surface area is 86.0 Å². The molecule has 1 aromatic rings. The monoisotopic (exact) mass is 273 g/mol. The second kappa shape index (κ2) is 4.28. The quantitative estimate of drug-likeness (QED) is 0.750. The average molecular weight is 274 g/mol. The van der Waals surface area contributed by atoms with Crippen LogP contribution in [-0.2, 0) is 5.88 Å². The molecule has 6 heteroatoms. The van der Waals surface area contributed by atoms with Crippen molar-refractivity contribution in [3.8, 4) is 0 Å². The van der Waals surface area contributed by atoms with Crippen LogP contribution in [0.4, 0.5) is 13.2 Å². The zero-order chi connectivity index (χ0) is 10.0. The molecule has 0 aliphatic heterocycles. The molecule has 1 heterocycles. The van der Waals surface area contributed by atoms with E-state index in [4.69, 9.17) is 11.6 Å². The summed E-state index contributed by atoms with van der Waals surface area (Å²) in [5.74, 6) is -0.984. The largest absolute Gasteiger partial charge is 0.266 e. The van der Waals surface area contributed by atoms with E-state index in [0.717, 1.165) is 6.20 Å². The van der Waals surface area contributed by atoms with Crippen LogP contribution in [0.2, 0.25) is 0 Å². The minimum atomic E-state index is -2.79. The molecule has 0 radical (unpaired) electrons. The van der Waals surface area contributed by atoms with E-state index in [0.29, 0.717) is 0 Å². The molecule has 72 valence electrons. The highest BCUT2D eigenvalue weighted by Crippen LogP contribution is 2.31. The fourth-order valence-electron chi connectivity index (χ4n) is 0.844. The lowest BCUT2D eigenvalue weighted by molar-refractivity contribution is 0.148. The molecule has 1 aromatic heterocycles. The van der Waals surface area contributed by atoms with E-state index in [-0.39, 0.29) is 16.0 Å². The first-order chi connectivity index (χ1) is 6.07. The minimum absolute atomic E-state index is 0.00931. The van der Waals surface area contributed by atoms with Crippen LogP contribution in [0.5, 0.6) is 0 Å². The summed E-state index contributed by atoms with van der Waals surface area (Å²) < 4.78 is 37.2. The number of hydrogen-bond donors (Lipinski definition) is 0. The van der Waals surface area contributed by atoms with Gasteiger partial charge < -0.3 is 0 Å². The van der Waals surface area contributed by atoms with Crippen molar-refractivity contribution in [2.75, 3.05) is 0 Å². The van der Waals surface area contributed by atoms with Crippen molar-refractivity contribution in [2.24, 2.45) is 0 Å². The Morgan fingerprint density at radius 2 is 2.15 bits per heavy atom. The molecule has 0 atom stereocenters. The maximum atomic E-state index is 12.8. The van der Waals surface area contributed by atoms with Crippen LogP contribution in [0, 0.1) is 5.82 Å². The Morgan fingerprint density at radius 1 is 1.54 bits per heavy atom. The second-order valence-electron chi connectivity index (χ2n) is 2.21. The number of alkyl halides is 3. The lowest BCUT2D eigenvalue weighted by atomic mass is 10.2. The van der Waals surface area contributed by atoms with Crippen molar-refractivity contribution in [1.29, 1.82) is 0 Å². The van der Waals surface area contributed by atoms with Crippen molar-refractivity contribution in [1.82, 2.24) is 4.98 Å². The molecular formula is C7H4BrClF3N. The highest BCUT2D eigenvalue weighted by atomic mass is 79.9. The third-order valence-electron chi connectivity index (χ3n) is 1.44. The summed E-state index contributed by atoms with van der Waals surface area (Å²) in [7, 11) is 0. The van der Waals surface area contributed by atoms with E-state index in [1.54, 1.807) is 0 Å². The molecule has 0 aromatic carbocycles. The summed E-state index contributed by atoms with van der Waals surface area (Å²) in [5, 5.41) is 0. The summed E-state index contributed by atoms with van der Waals surface area (Å²) in [6.07, 6.45) is -1.93. The SMILES string of the molecule is Fc1cnc(CCl)c(C(F)F)c1Br. The van der Waals surface area contributed by atoms with Crippen LogP contribution >= 0.6 is 27.5 Å². The average Bonchev–Trinajstić information content (AvgIpc) is 2.08. The van der Waals surface area contributed by atoms with Crippen molar-refractivity contribution >= 4 is 27.5 Å². The van der Waals surface area contributed by atoms with Gasteiger partial charge in [-0.15, -0.1) is 11.6 Å². The molecule has 0 aliphatic rings. The number of nitrogens with zero attached hydrogens (tertiary/aromatic N) is 1. The first kappa shape index (κ1) is 10.8. The van der Waals surface area contributed by atoms with Gasteiger partial charge in [0.2, 0.25) is 0 Å². The molecule has 0 saturated carbocycles. The molecule has 1 nitrogen and oxygen atoms in total. The van der Waals surface area contributed by atoms with Gasteiger partial charge in [-0.3, -0.25) is 4.98 Å². The fraction of sp³-hybridized carbons (Fsp3) is 0.286. The van der Waals surface area contributed by atoms with E-state index in [2.05, 4.69) is 20.9 Å². The zero-order valence-electron chi connectivity index (χ0n) is 6.20. The minimum Gasteiger partial charge on any atom is -0.256 e. The Balaban J connectivity index is 3.32. The number of hydrogen-bond acceptors (Lipinski definition) is 1. The van der Waals surface area contributed by atoms with Crippen LogP contribution in [0.15, 0.2) is 10.7 Å². The molecule has 1 rings (SSSR count). The molecule has 0 N–H and O–H groups in total. The number of rotatable bonds is 2. The smallest absolute Gasteiger partial charge is 0.256 e. The molecule has 0 saturated heterocycles. The topological polar surface area (TPSA) is 12.9 Å². The third kappa shape index (κ3) is 2.14. The summed E-state index contributed by atoms with van der Waals surface area (Å²) >= 11 is 8.08. The molecule has 13 heavy (non-hydrogen) atoms. The lowest BCUT2D eigenvalue weighted by Gasteiger charge is -2.07. The van der Waals surface area contributed by atoms with Gasteiger partial charge in [-0.25, -0.2) is 13.2 Å². The summed E-state index contributed by atoms with van der Waals surface area (Å²) in [6.45, 7) is 0. The van der Waals surface area contributed by atoms with Crippen molar-refractivity contribution in [2.45, 2.75) is 12.3 Å². The molecule has 0 amide bonds. The summed E-state index contributed by atoms with van der Waals surface area (Å²) in [5.41, 5.74) is -0.486. The molecular weight excluding hydrogens is 270 g/mol. The fourth-order valence-corrected chi connectivity index (χ4v) is 1.56. The second-order valence-corrected chi connectivity index (χ2v) is 3.28. The Kier molecular flexibility index (Phi) is 3.55. The van der Waals surface area contributed by atoms with E-state index in [9.17, 15) is 13.2 Å². The maximum Gasteiger partial charge on any atom is 0.266 e. The van der Waals surface area contributed by atoms with Gasteiger partial charge in [0.1, 0.15) is 0 Å². The first-order valence-corrected chi connectivity index (χ1v) is 4.57. The van der Waals surface area contributed by atoms with E-state index >= 15 is 0 Å². The number of aromatic nitrogens is 1. The summed E-state index contributed by atoms with van der Waals surface area (Å²) in [4.78, 5) is 3.46. The van der Waals surface area contributed by atoms with Gasteiger partial charge in [0, 0.05) is 0 Å². The summed E-state index contributed by atoms with van der Waals surface area (Å²) in [6, 6.07) is 0. The predicted molar refractivity (Wildman–Crippen MR) is 46.4 cm³/mol. The van der Waals surface area contributed by atoms with Gasteiger partial charge in [-0.1, -0.05) is 0 Å². The van der Waals surface area contributed by atoms with Crippen molar-refractivity contribution in [3.63, 3.8) is 0 Å². The van der Waals surface area contributed by atoms with Crippen LogP contribution in [0.3, 0.4) is 0 Å². The van der Waals surface area contributed by atoms with Gasteiger partial charge in [0.25, 0.3) is 6.43 Å². The maximum absolute atomic E-state index is 12.8. The van der Waals surface area contributed by atoms with E-state index < -0.39 is 17.8 Å². The molecule has 0 spiro atoms. The lowest BCUT2D eigenvalue weighted by Crippen LogP contribution is -1.99. The van der Waals surface area contributed by atoms with Crippen LogP contribution < -0.4 is 0 Å². The molecule has 0 unspecified atom stereocenters.